The molecule has 0 saturated carbocycles. The number of amides is 1. The molecule has 0 saturated heterocycles. The summed E-state index contributed by atoms with van der Waals surface area (Å²) in [6.07, 6.45) is 1.44. The summed E-state index contributed by atoms with van der Waals surface area (Å²) >= 11 is 1.41. The van der Waals surface area contributed by atoms with Crippen LogP contribution in [0.3, 0.4) is 0 Å². The minimum Gasteiger partial charge on any atom is -0.347 e. The van der Waals surface area contributed by atoms with Crippen LogP contribution in [-0.4, -0.2) is 34.5 Å². The molecule has 2 aromatic heterocycles. The van der Waals surface area contributed by atoms with Crippen LogP contribution in [0.4, 0.5) is 0 Å². The molecule has 1 amide bonds. The molecule has 0 bridgehead atoms. The van der Waals surface area contributed by atoms with E-state index in [0.717, 1.165) is 10.4 Å². The lowest BCUT2D eigenvalue weighted by molar-refractivity contribution is -0.129. The van der Waals surface area contributed by atoms with Gasteiger partial charge in [0, 0.05) is 19.0 Å². The van der Waals surface area contributed by atoms with Gasteiger partial charge in [-0.05, 0) is 11.6 Å². The van der Waals surface area contributed by atoms with Crippen molar-refractivity contribution in [3.8, 4) is 10.4 Å². The standard InChI is InChI=1S/C16H15N3O2S/c1-18(2)14(20)9-19-10-17-12-8-13(22-15(12)16(19)21)11-6-4-3-5-7-11/h3-8,10H,9H2,1-2H3. The van der Waals surface area contributed by atoms with E-state index >= 15 is 0 Å². The van der Waals surface area contributed by atoms with E-state index in [1.54, 1.807) is 14.1 Å². The average molecular weight is 313 g/mol. The smallest absolute Gasteiger partial charge is 0.271 e. The lowest BCUT2D eigenvalue weighted by Gasteiger charge is -2.10. The van der Waals surface area contributed by atoms with Crippen molar-refractivity contribution < 1.29 is 4.79 Å². The highest BCUT2D eigenvalue weighted by molar-refractivity contribution is 7.22. The number of carbonyl (C=O) groups is 1. The van der Waals surface area contributed by atoms with Crippen LogP contribution in [0.5, 0.6) is 0 Å². The fraction of sp³-hybridized carbons (Fsp3) is 0.188. The lowest BCUT2D eigenvalue weighted by atomic mass is 10.2. The Hall–Kier alpha value is -2.47. The van der Waals surface area contributed by atoms with Crippen molar-refractivity contribution in [1.82, 2.24) is 14.5 Å². The molecule has 0 unspecified atom stereocenters. The van der Waals surface area contributed by atoms with Crippen LogP contribution in [-0.2, 0) is 11.3 Å². The molecule has 0 aliphatic rings. The number of thiophene rings is 1. The van der Waals surface area contributed by atoms with Gasteiger partial charge in [-0.1, -0.05) is 30.3 Å². The number of rotatable bonds is 3. The minimum absolute atomic E-state index is 0.00729. The normalized spacial score (nSPS) is 10.8. The van der Waals surface area contributed by atoms with Crippen LogP contribution in [0.2, 0.25) is 0 Å². The summed E-state index contributed by atoms with van der Waals surface area (Å²) in [5.41, 5.74) is 1.55. The second-order valence-corrected chi connectivity index (χ2v) is 6.21. The van der Waals surface area contributed by atoms with Gasteiger partial charge in [-0.25, -0.2) is 4.98 Å². The lowest BCUT2D eigenvalue weighted by Crippen LogP contribution is -2.31. The quantitative estimate of drug-likeness (QED) is 0.745. The Morgan fingerprint density at radius 1 is 1.27 bits per heavy atom. The second kappa shape index (κ2) is 5.73. The molecule has 2 heterocycles. The van der Waals surface area contributed by atoms with Gasteiger partial charge in [0.2, 0.25) is 5.91 Å². The molecule has 6 heteroatoms. The van der Waals surface area contributed by atoms with Crippen molar-refractivity contribution in [2.75, 3.05) is 14.1 Å². The Labute approximate surface area is 131 Å². The van der Waals surface area contributed by atoms with E-state index in [9.17, 15) is 9.59 Å². The highest BCUT2D eigenvalue weighted by atomic mass is 32.1. The molecule has 0 atom stereocenters. The zero-order chi connectivity index (χ0) is 15.7. The van der Waals surface area contributed by atoms with E-state index in [2.05, 4.69) is 4.98 Å². The van der Waals surface area contributed by atoms with Crippen molar-refractivity contribution in [1.29, 1.82) is 0 Å². The van der Waals surface area contributed by atoms with Crippen molar-refractivity contribution in [3.05, 3.63) is 53.1 Å². The summed E-state index contributed by atoms with van der Waals surface area (Å²) in [7, 11) is 3.33. The molecule has 112 valence electrons. The fourth-order valence-electron chi connectivity index (χ4n) is 2.09. The summed E-state index contributed by atoms with van der Waals surface area (Å²) in [5, 5.41) is 0. The zero-order valence-electron chi connectivity index (χ0n) is 12.3. The first kappa shape index (κ1) is 14.5. The van der Waals surface area contributed by atoms with Crippen LogP contribution >= 0.6 is 11.3 Å². The molecular formula is C16H15N3O2S. The first-order valence-corrected chi connectivity index (χ1v) is 7.62. The number of hydrogen-bond donors (Lipinski definition) is 0. The third-order valence-corrected chi connectivity index (χ3v) is 4.53. The molecule has 0 aliphatic carbocycles. The number of carbonyl (C=O) groups excluding carboxylic acids is 1. The van der Waals surface area contributed by atoms with Gasteiger partial charge in [-0.15, -0.1) is 11.3 Å². The number of likely N-dealkylation sites (N-methyl/N-ethyl adjacent to an activating group) is 1. The van der Waals surface area contributed by atoms with Crippen LogP contribution in [0.15, 0.2) is 47.5 Å². The zero-order valence-corrected chi connectivity index (χ0v) is 13.1. The number of hydrogen-bond acceptors (Lipinski definition) is 4. The first-order valence-electron chi connectivity index (χ1n) is 6.81. The maximum absolute atomic E-state index is 12.5. The Morgan fingerprint density at radius 3 is 2.68 bits per heavy atom. The van der Waals surface area contributed by atoms with Crippen LogP contribution in [0.1, 0.15) is 0 Å². The maximum Gasteiger partial charge on any atom is 0.271 e. The first-order chi connectivity index (χ1) is 10.6. The predicted octanol–water partition coefficient (Wildman–Crippen LogP) is 2.21. The molecule has 0 radical (unpaired) electrons. The molecule has 0 aliphatic heterocycles. The fourth-order valence-corrected chi connectivity index (χ4v) is 3.15. The van der Waals surface area contributed by atoms with Gasteiger partial charge in [-0.3, -0.25) is 14.2 Å². The van der Waals surface area contributed by atoms with E-state index in [0.29, 0.717) is 10.2 Å². The van der Waals surface area contributed by atoms with E-state index in [-0.39, 0.29) is 18.0 Å². The maximum atomic E-state index is 12.5. The molecule has 0 N–H and O–H groups in total. The van der Waals surface area contributed by atoms with E-state index in [4.69, 9.17) is 0 Å². The third-order valence-electron chi connectivity index (χ3n) is 3.37. The van der Waals surface area contributed by atoms with Crippen molar-refractivity contribution >= 4 is 27.5 Å². The van der Waals surface area contributed by atoms with Gasteiger partial charge in [-0.2, -0.15) is 0 Å². The average Bonchev–Trinajstić information content (AvgIpc) is 2.96. The summed E-state index contributed by atoms with van der Waals surface area (Å²) in [6, 6.07) is 11.8. The molecule has 1 aromatic carbocycles. The van der Waals surface area contributed by atoms with Gasteiger partial charge in [0.25, 0.3) is 5.56 Å². The largest absolute Gasteiger partial charge is 0.347 e. The van der Waals surface area contributed by atoms with Crippen molar-refractivity contribution in [2.45, 2.75) is 6.54 Å². The number of benzene rings is 1. The number of fused-ring (bicyclic) bond motifs is 1. The van der Waals surface area contributed by atoms with Crippen LogP contribution in [0.25, 0.3) is 20.7 Å². The topological polar surface area (TPSA) is 55.2 Å². The molecule has 0 spiro atoms. The van der Waals surface area contributed by atoms with Crippen molar-refractivity contribution in [3.63, 3.8) is 0 Å². The summed E-state index contributed by atoms with van der Waals surface area (Å²) in [4.78, 5) is 31.0. The Bertz CT molecular complexity index is 881. The summed E-state index contributed by atoms with van der Waals surface area (Å²) < 4.78 is 1.93. The minimum atomic E-state index is -0.174. The van der Waals surface area contributed by atoms with Crippen LogP contribution in [0, 0.1) is 0 Å². The van der Waals surface area contributed by atoms with Crippen molar-refractivity contribution in [2.24, 2.45) is 0 Å². The third kappa shape index (κ3) is 2.65. The van der Waals surface area contributed by atoms with E-state index in [1.807, 2.05) is 36.4 Å². The van der Waals surface area contributed by atoms with Gasteiger partial charge >= 0.3 is 0 Å². The second-order valence-electron chi connectivity index (χ2n) is 5.16. The molecule has 3 rings (SSSR count). The van der Waals surface area contributed by atoms with Gasteiger partial charge < -0.3 is 4.90 Å². The van der Waals surface area contributed by atoms with E-state index in [1.165, 1.54) is 27.1 Å². The summed E-state index contributed by atoms with van der Waals surface area (Å²) in [5.74, 6) is -0.136. The predicted molar refractivity (Wildman–Crippen MR) is 88.0 cm³/mol. The number of nitrogens with zero attached hydrogens (tertiary/aromatic N) is 3. The monoisotopic (exact) mass is 313 g/mol. The van der Waals surface area contributed by atoms with Gasteiger partial charge in [0.1, 0.15) is 11.2 Å². The Kier molecular flexibility index (Phi) is 3.77. The molecular weight excluding hydrogens is 298 g/mol. The number of aromatic nitrogens is 2. The molecule has 3 aromatic rings. The SMILES string of the molecule is CN(C)C(=O)Cn1cnc2cc(-c3ccccc3)sc2c1=O. The molecule has 0 fully saturated rings. The molecule has 5 nitrogen and oxygen atoms in total. The van der Waals surface area contributed by atoms with Crippen LogP contribution < -0.4 is 5.56 Å². The Balaban J connectivity index is 2.05. The van der Waals surface area contributed by atoms with E-state index < -0.39 is 0 Å². The van der Waals surface area contributed by atoms with Gasteiger partial charge in [0.15, 0.2) is 0 Å². The highest BCUT2D eigenvalue weighted by Crippen LogP contribution is 2.30. The van der Waals surface area contributed by atoms with Gasteiger partial charge in [0.05, 0.1) is 11.8 Å². The Morgan fingerprint density at radius 2 is 2.00 bits per heavy atom. The summed E-state index contributed by atoms with van der Waals surface area (Å²) in [6.45, 7) is 0.00729. The highest BCUT2D eigenvalue weighted by Gasteiger charge is 2.12. The molecule has 22 heavy (non-hydrogen) atoms.